The number of benzene rings is 2. The highest BCUT2D eigenvalue weighted by atomic mass is 19.4. The molecule has 0 bridgehead atoms. The van der Waals surface area contributed by atoms with E-state index in [9.17, 15) is 22.0 Å². The number of nitrogens with zero attached hydrogens (tertiary/aromatic N) is 1. The highest BCUT2D eigenvalue weighted by Gasteiger charge is 2.37. The molecule has 0 unspecified atom stereocenters. The lowest BCUT2D eigenvalue weighted by Crippen LogP contribution is -2.24. The van der Waals surface area contributed by atoms with E-state index in [0.717, 1.165) is 36.4 Å². The summed E-state index contributed by atoms with van der Waals surface area (Å²) < 4.78 is 64.3. The number of hydrogen-bond acceptors (Lipinski definition) is 2. The molecule has 0 saturated heterocycles. The summed E-state index contributed by atoms with van der Waals surface area (Å²) in [6.07, 6.45) is -4.75. The van der Waals surface area contributed by atoms with Gasteiger partial charge in [-0.15, -0.1) is 0 Å². The predicted molar refractivity (Wildman–Crippen MR) is 70.2 cm³/mol. The molecule has 0 heterocycles. The van der Waals surface area contributed by atoms with E-state index in [0.29, 0.717) is 5.56 Å². The van der Waals surface area contributed by atoms with Crippen LogP contribution in [-0.2, 0) is 11.4 Å². The molecule has 0 spiro atoms. The largest absolute Gasteiger partial charge is 0.437 e. The topological polar surface area (TPSA) is 21.6 Å². The summed E-state index contributed by atoms with van der Waals surface area (Å²) >= 11 is 0. The van der Waals surface area contributed by atoms with Gasteiger partial charge in [0.1, 0.15) is 18.2 Å². The second-order valence-electron chi connectivity index (χ2n) is 4.34. The highest BCUT2D eigenvalue weighted by molar-refractivity contribution is 6.04. The van der Waals surface area contributed by atoms with Crippen LogP contribution in [0.15, 0.2) is 53.7 Å². The van der Waals surface area contributed by atoms with Crippen molar-refractivity contribution in [1.82, 2.24) is 0 Å². The van der Waals surface area contributed by atoms with Crippen molar-refractivity contribution in [2.75, 3.05) is 0 Å². The van der Waals surface area contributed by atoms with Crippen LogP contribution < -0.4 is 0 Å². The van der Waals surface area contributed by atoms with Gasteiger partial charge in [-0.1, -0.05) is 17.3 Å². The predicted octanol–water partition coefficient (Wildman–Crippen LogP) is 4.45. The highest BCUT2D eigenvalue weighted by Crippen LogP contribution is 2.23. The first-order chi connectivity index (χ1) is 10.4. The number of hydrogen-bond donors (Lipinski definition) is 0. The van der Waals surface area contributed by atoms with Crippen LogP contribution in [0.25, 0.3) is 0 Å². The molecule has 0 radical (unpaired) electrons. The van der Waals surface area contributed by atoms with Crippen LogP contribution in [0.2, 0.25) is 0 Å². The maximum atomic E-state index is 12.9. The Morgan fingerprint density at radius 3 is 1.86 bits per heavy atom. The summed E-state index contributed by atoms with van der Waals surface area (Å²) in [7, 11) is 0. The molecule has 0 aliphatic heterocycles. The molecule has 2 aromatic carbocycles. The Morgan fingerprint density at radius 2 is 1.36 bits per heavy atom. The third kappa shape index (κ3) is 4.28. The Bertz CT molecular complexity index is 647. The minimum absolute atomic E-state index is 0.249. The molecular formula is C15H10F5NO. The first kappa shape index (κ1) is 15.9. The standard InChI is InChI=1S/C15H10F5NO/c16-12-5-1-10(2-6-12)9-22-21-14(15(18,19)20)11-3-7-13(17)8-4-11/h1-8H,9H2. The molecule has 0 amide bonds. The molecular weight excluding hydrogens is 305 g/mol. The van der Waals surface area contributed by atoms with Gasteiger partial charge in [-0.25, -0.2) is 8.78 Å². The van der Waals surface area contributed by atoms with Gasteiger partial charge in [0.05, 0.1) is 0 Å². The Morgan fingerprint density at radius 1 is 0.864 bits per heavy atom. The van der Waals surface area contributed by atoms with Crippen molar-refractivity contribution in [3.05, 3.63) is 71.3 Å². The summed E-state index contributed by atoms with van der Waals surface area (Å²) in [6, 6.07) is 8.78. The zero-order valence-electron chi connectivity index (χ0n) is 11.1. The minimum atomic E-state index is -4.75. The van der Waals surface area contributed by atoms with Crippen molar-refractivity contribution in [1.29, 1.82) is 0 Å². The minimum Gasteiger partial charge on any atom is -0.390 e. The third-order valence-corrected chi connectivity index (χ3v) is 2.69. The van der Waals surface area contributed by atoms with Gasteiger partial charge in [0.15, 0.2) is 5.71 Å². The van der Waals surface area contributed by atoms with Crippen molar-refractivity contribution in [2.24, 2.45) is 5.16 Å². The number of oxime groups is 1. The molecule has 0 atom stereocenters. The maximum Gasteiger partial charge on any atom is 0.437 e. The fraction of sp³-hybridized carbons (Fsp3) is 0.133. The summed E-state index contributed by atoms with van der Waals surface area (Å²) in [5.74, 6) is -1.12. The summed E-state index contributed by atoms with van der Waals surface area (Å²) in [6.45, 7) is -0.249. The second kappa shape index (κ2) is 6.55. The normalized spacial score (nSPS) is 12.3. The van der Waals surface area contributed by atoms with Gasteiger partial charge in [-0.2, -0.15) is 13.2 Å². The molecule has 2 rings (SSSR count). The molecule has 0 aliphatic carbocycles. The fourth-order valence-corrected chi connectivity index (χ4v) is 1.63. The van der Waals surface area contributed by atoms with Gasteiger partial charge in [0.25, 0.3) is 0 Å². The molecule has 0 aromatic heterocycles. The molecule has 0 N–H and O–H groups in total. The van der Waals surface area contributed by atoms with Crippen molar-refractivity contribution in [2.45, 2.75) is 12.8 Å². The molecule has 2 nitrogen and oxygen atoms in total. The third-order valence-electron chi connectivity index (χ3n) is 2.69. The van der Waals surface area contributed by atoms with Crippen LogP contribution in [-0.4, -0.2) is 11.9 Å². The zero-order chi connectivity index (χ0) is 16.2. The van der Waals surface area contributed by atoms with E-state index in [1.807, 2.05) is 0 Å². The first-order valence-electron chi connectivity index (χ1n) is 6.14. The van der Waals surface area contributed by atoms with Crippen molar-refractivity contribution < 1.29 is 26.8 Å². The fourth-order valence-electron chi connectivity index (χ4n) is 1.63. The van der Waals surface area contributed by atoms with Gasteiger partial charge < -0.3 is 4.84 Å². The van der Waals surface area contributed by atoms with E-state index in [4.69, 9.17) is 0 Å². The van der Waals surface area contributed by atoms with Gasteiger partial charge in [0.2, 0.25) is 0 Å². The zero-order valence-corrected chi connectivity index (χ0v) is 11.1. The lowest BCUT2D eigenvalue weighted by Gasteiger charge is -2.10. The van der Waals surface area contributed by atoms with Crippen LogP contribution >= 0.6 is 0 Å². The van der Waals surface area contributed by atoms with E-state index in [2.05, 4.69) is 9.99 Å². The molecule has 0 aliphatic rings. The van der Waals surface area contributed by atoms with Crippen LogP contribution in [0, 0.1) is 11.6 Å². The van der Waals surface area contributed by atoms with E-state index in [1.54, 1.807) is 0 Å². The second-order valence-corrected chi connectivity index (χ2v) is 4.34. The van der Waals surface area contributed by atoms with Gasteiger partial charge in [-0.05, 0) is 42.0 Å². The van der Waals surface area contributed by atoms with E-state index < -0.39 is 23.5 Å². The molecule has 116 valence electrons. The average Bonchev–Trinajstić information content (AvgIpc) is 2.46. The van der Waals surface area contributed by atoms with E-state index in [1.165, 1.54) is 12.1 Å². The molecule has 0 saturated carbocycles. The monoisotopic (exact) mass is 315 g/mol. The van der Waals surface area contributed by atoms with Crippen molar-refractivity contribution in [3.8, 4) is 0 Å². The van der Waals surface area contributed by atoms with Crippen LogP contribution in [0.1, 0.15) is 11.1 Å². The quantitative estimate of drug-likeness (QED) is 0.464. The molecule has 2 aromatic rings. The average molecular weight is 315 g/mol. The summed E-state index contributed by atoms with van der Waals surface area (Å²) in [5, 5.41) is 3.09. The number of rotatable bonds is 4. The van der Waals surface area contributed by atoms with Crippen LogP contribution in [0.3, 0.4) is 0 Å². The Kier molecular flexibility index (Phi) is 4.75. The lowest BCUT2D eigenvalue weighted by molar-refractivity contribution is -0.0618. The first-order valence-corrected chi connectivity index (χ1v) is 6.14. The van der Waals surface area contributed by atoms with E-state index in [-0.39, 0.29) is 12.2 Å². The van der Waals surface area contributed by atoms with Crippen molar-refractivity contribution >= 4 is 5.71 Å². The van der Waals surface area contributed by atoms with Gasteiger partial charge in [0, 0.05) is 5.56 Å². The summed E-state index contributed by atoms with van der Waals surface area (Å²) in [4.78, 5) is 4.68. The Hall–Kier alpha value is -2.44. The SMILES string of the molecule is Fc1ccc(CON=C(c2ccc(F)cc2)C(F)(F)F)cc1. The Balaban J connectivity index is 2.15. The lowest BCUT2D eigenvalue weighted by atomic mass is 10.1. The Labute approximate surface area is 122 Å². The molecule has 7 heteroatoms. The van der Waals surface area contributed by atoms with Gasteiger partial charge in [-0.3, -0.25) is 0 Å². The van der Waals surface area contributed by atoms with Crippen LogP contribution in [0.4, 0.5) is 22.0 Å². The van der Waals surface area contributed by atoms with Gasteiger partial charge >= 0.3 is 6.18 Å². The number of halogens is 5. The van der Waals surface area contributed by atoms with Crippen molar-refractivity contribution in [3.63, 3.8) is 0 Å². The maximum absolute atomic E-state index is 12.9. The molecule has 22 heavy (non-hydrogen) atoms. The van der Waals surface area contributed by atoms with E-state index >= 15 is 0 Å². The van der Waals surface area contributed by atoms with Crippen LogP contribution in [0.5, 0.6) is 0 Å². The molecule has 0 fully saturated rings. The number of alkyl halides is 3. The summed E-state index contributed by atoms with van der Waals surface area (Å²) in [5.41, 5.74) is -1.12. The smallest absolute Gasteiger partial charge is 0.390 e.